The van der Waals surface area contributed by atoms with Gasteiger partial charge in [0.2, 0.25) is 11.8 Å². The van der Waals surface area contributed by atoms with Crippen molar-refractivity contribution >= 4 is 23.4 Å². The fourth-order valence-electron chi connectivity index (χ4n) is 3.70. The summed E-state index contributed by atoms with van der Waals surface area (Å²) in [7, 11) is 0. The van der Waals surface area contributed by atoms with Crippen LogP contribution in [0, 0.1) is 0 Å². The van der Waals surface area contributed by atoms with Crippen LogP contribution >= 0.6 is 0 Å². The summed E-state index contributed by atoms with van der Waals surface area (Å²) >= 11 is 0. The van der Waals surface area contributed by atoms with E-state index in [1.54, 1.807) is 0 Å². The summed E-state index contributed by atoms with van der Waals surface area (Å²) in [5.74, 6) is -0.470. The van der Waals surface area contributed by atoms with Crippen molar-refractivity contribution < 1.29 is 14.4 Å². The van der Waals surface area contributed by atoms with Gasteiger partial charge >= 0.3 is 0 Å². The minimum absolute atomic E-state index is 0.0168. The smallest absolute Gasteiger partial charge is 0.251 e. The van der Waals surface area contributed by atoms with E-state index >= 15 is 0 Å². The van der Waals surface area contributed by atoms with Gasteiger partial charge in [0.05, 0.1) is 0 Å². The van der Waals surface area contributed by atoms with Crippen molar-refractivity contribution in [1.82, 2.24) is 10.6 Å². The third kappa shape index (κ3) is 5.75. The van der Waals surface area contributed by atoms with Crippen LogP contribution in [0.1, 0.15) is 76.1 Å². The van der Waals surface area contributed by atoms with Crippen LogP contribution < -0.4 is 16.0 Å². The highest BCUT2D eigenvalue weighted by molar-refractivity contribution is 5.99. The van der Waals surface area contributed by atoms with Gasteiger partial charge in [-0.25, -0.2) is 0 Å². The van der Waals surface area contributed by atoms with E-state index in [1.165, 1.54) is 5.56 Å². The van der Waals surface area contributed by atoms with Gasteiger partial charge in [-0.2, -0.15) is 0 Å². The number of amides is 3. The molecule has 3 N–H and O–H groups in total. The number of carbonyl (C=O) groups excluding carboxylic acids is 3. The van der Waals surface area contributed by atoms with Crippen molar-refractivity contribution in [3.05, 3.63) is 65.2 Å². The molecule has 1 aliphatic rings. The Hall–Kier alpha value is -3.15. The molecule has 2 aromatic carbocycles. The number of hydrogen-bond acceptors (Lipinski definition) is 3. The number of benzene rings is 2. The van der Waals surface area contributed by atoms with Crippen LogP contribution in [-0.4, -0.2) is 23.8 Å². The molecule has 170 valence electrons. The number of nitrogens with one attached hydrogen (secondary N) is 3. The zero-order valence-corrected chi connectivity index (χ0v) is 19.5. The Bertz CT molecular complexity index is 973. The number of carbonyl (C=O) groups is 3. The van der Waals surface area contributed by atoms with E-state index in [4.69, 9.17) is 0 Å². The minimum atomic E-state index is -0.872. The number of hydrogen-bond donors (Lipinski definition) is 3. The maximum Gasteiger partial charge on any atom is 0.251 e. The average molecular weight is 436 g/mol. The predicted molar refractivity (Wildman–Crippen MR) is 126 cm³/mol. The lowest BCUT2D eigenvalue weighted by Crippen LogP contribution is -2.46. The highest BCUT2D eigenvalue weighted by atomic mass is 16.2. The molecule has 0 bridgehead atoms. The summed E-state index contributed by atoms with van der Waals surface area (Å²) in [6.07, 6.45) is 0.748. The van der Waals surface area contributed by atoms with Crippen molar-refractivity contribution in [3.8, 4) is 0 Å². The molecular weight excluding hydrogens is 402 g/mol. The van der Waals surface area contributed by atoms with Crippen molar-refractivity contribution in [1.29, 1.82) is 0 Å². The van der Waals surface area contributed by atoms with E-state index in [1.807, 2.05) is 48.5 Å². The molecule has 2 atom stereocenters. The monoisotopic (exact) mass is 435 g/mol. The lowest BCUT2D eigenvalue weighted by molar-refractivity contribution is -0.128. The number of anilines is 1. The summed E-state index contributed by atoms with van der Waals surface area (Å²) < 4.78 is 0. The molecule has 0 saturated carbocycles. The van der Waals surface area contributed by atoms with Crippen molar-refractivity contribution in [3.63, 3.8) is 0 Å². The Morgan fingerprint density at radius 2 is 1.56 bits per heavy atom. The lowest BCUT2D eigenvalue weighted by atomic mass is 9.87. The average Bonchev–Trinajstić information content (AvgIpc) is 3.18. The quantitative estimate of drug-likeness (QED) is 0.636. The van der Waals surface area contributed by atoms with E-state index < -0.39 is 12.1 Å². The third-order valence-electron chi connectivity index (χ3n) is 5.82. The van der Waals surface area contributed by atoms with Gasteiger partial charge in [-0.1, -0.05) is 71.0 Å². The molecule has 1 fully saturated rings. The summed E-state index contributed by atoms with van der Waals surface area (Å²) in [4.78, 5) is 37.5. The van der Waals surface area contributed by atoms with E-state index in [-0.39, 0.29) is 23.1 Å². The first-order chi connectivity index (χ1) is 15.0. The molecular formula is C26H33N3O3. The number of rotatable bonds is 6. The van der Waals surface area contributed by atoms with Crippen LogP contribution in [0.4, 0.5) is 5.69 Å². The molecule has 1 heterocycles. The molecule has 6 nitrogen and oxygen atoms in total. The van der Waals surface area contributed by atoms with Gasteiger partial charge in [-0.15, -0.1) is 0 Å². The lowest BCUT2D eigenvalue weighted by Gasteiger charge is -2.22. The van der Waals surface area contributed by atoms with E-state index in [9.17, 15) is 14.4 Å². The predicted octanol–water partition coefficient (Wildman–Crippen LogP) is 4.18. The van der Waals surface area contributed by atoms with Gasteiger partial charge in [0.25, 0.3) is 5.91 Å². The van der Waals surface area contributed by atoms with Gasteiger partial charge in [-0.05, 0) is 46.6 Å². The first kappa shape index (κ1) is 23.5. The van der Waals surface area contributed by atoms with E-state index in [0.29, 0.717) is 30.0 Å². The first-order valence-electron chi connectivity index (χ1n) is 11.2. The molecule has 0 aromatic heterocycles. The Morgan fingerprint density at radius 1 is 0.969 bits per heavy atom. The van der Waals surface area contributed by atoms with E-state index in [0.717, 1.165) is 5.56 Å². The minimum Gasteiger partial charge on any atom is -0.344 e. The standard InChI is InChI=1S/C26H33N3O3/c1-16(2)17-6-8-18(9-7-17)23(29-24(31)21-14-15-22(30)28-21)25(32)27-20-12-10-19(11-13-20)26(3,4)5/h6-13,16,21,23H,14-15H2,1-5H3,(H,27,32)(H,28,30)(H,29,31). The molecule has 6 heteroatoms. The van der Waals surface area contributed by atoms with Gasteiger partial charge in [0, 0.05) is 12.1 Å². The highest BCUT2D eigenvalue weighted by Crippen LogP contribution is 2.25. The summed E-state index contributed by atoms with van der Waals surface area (Å²) in [5, 5.41) is 8.42. The van der Waals surface area contributed by atoms with Crippen LogP contribution in [0.25, 0.3) is 0 Å². The van der Waals surface area contributed by atoms with Crippen molar-refractivity contribution in [2.24, 2.45) is 0 Å². The zero-order chi connectivity index (χ0) is 23.5. The maximum atomic E-state index is 13.2. The highest BCUT2D eigenvalue weighted by Gasteiger charge is 2.31. The Morgan fingerprint density at radius 3 is 2.06 bits per heavy atom. The van der Waals surface area contributed by atoms with Gasteiger partial charge in [-0.3, -0.25) is 14.4 Å². The van der Waals surface area contributed by atoms with Crippen LogP contribution in [0.2, 0.25) is 0 Å². The Balaban J connectivity index is 1.81. The van der Waals surface area contributed by atoms with Crippen molar-refractivity contribution in [2.75, 3.05) is 5.32 Å². The second-order valence-corrected chi connectivity index (χ2v) is 9.74. The zero-order valence-electron chi connectivity index (χ0n) is 19.5. The molecule has 1 aliphatic heterocycles. The van der Waals surface area contributed by atoms with Crippen LogP contribution in [0.15, 0.2) is 48.5 Å². The Kier molecular flexibility index (Phi) is 7.02. The van der Waals surface area contributed by atoms with Crippen molar-refractivity contribution in [2.45, 2.75) is 70.9 Å². The molecule has 0 radical (unpaired) electrons. The molecule has 32 heavy (non-hydrogen) atoms. The van der Waals surface area contributed by atoms with Gasteiger partial charge in [0.1, 0.15) is 12.1 Å². The molecule has 2 aromatic rings. The first-order valence-corrected chi connectivity index (χ1v) is 11.2. The van der Waals surface area contributed by atoms with Crippen LogP contribution in [0.3, 0.4) is 0 Å². The van der Waals surface area contributed by atoms with Crippen LogP contribution in [-0.2, 0) is 19.8 Å². The normalized spacial score (nSPS) is 17.1. The summed E-state index contributed by atoms with van der Waals surface area (Å²) in [6.45, 7) is 10.6. The topological polar surface area (TPSA) is 87.3 Å². The van der Waals surface area contributed by atoms with Crippen LogP contribution in [0.5, 0.6) is 0 Å². The fourth-order valence-corrected chi connectivity index (χ4v) is 3.70. The second kappa shape index (κ2) is 9.55. The molecule has 0 aliphatic carbocycles. The third-order valence-corrected chi connectivity index (χ3v) is 5.82. The molecule has 3 amide bonds. The largest absolute Gasteiger partial charge is 0.344 e. The molecule has 0 spiro atoms. The van der Waals surface area contributed by atoms with Gasteiger partial charge in [0.15, 0.2) is 0 Å². The Labute approximate surface area is 190 Å². The molecule has 2 unspecified atom stereocenters. The maximum absolute atomic E-state index is 13.2. The SMILES string of the molecule is CC(C)c1ccc(C(NC(=O)C2CCC(=O)N2)C(=O)Nc2ccc(C(C)(C)C)cc2)cc1. The molecule has 1 saturated heterocycles. The molecule has 3 rings (SSSR count). The summed E-state index contributed by atoms with van der Waals surface area (Å²) in [5.41, 5.74) is 3.69. The van der Waals surface area contributed by atoms with E-state index in [2.05, 4.69) is 50.6 Å². The van der Waals surface area contributed by atoms with Gasteiger partial charge < -0.3 is 16.0 Å². The summed E-state index contributed by atoms with van der Waals surface area (Å²) in [6, 6.07) is 13.9. The fraction of sp³-hybridized carbons (Fsp3) is 0.423. The second-order valence-electron chi connectivity index (χ2n) is 9.74.